The maximum absolute atomic E-state index is 13.2. The molecule has 2 atom stereocenters. The van der Waals surface area contributed by atoms with Gasteiger partial charge < -0.3 is 19.3 Å². The Labute approximate surface area is 155 Å². The van der Waals surface area contributed by atoms with E-state index in [1.807, 2.05) is 47.9 Å². The van der Waals surface area contributed by atoms with E-state index in [0.29, 0.717) is 39.4 Å². The maximum atomic E-state index is 13.2. The molecular weight excluding hydrogens is 332 g/mol. The van der Waals surface area contributed by atoms with E-state index in [0.717, 1.165) is 11.3 Å². The minimum Gasteiger partial charge on any atom is -0.497 e. The number of amides is 2. The van der Waals surface area contributed by atoms with Gasteiger partial charge in [-0.25, -0.2) is 0 Å². The molecule has 6 heteroatoms. The first-order valence-electron chi connectivity index (χ1n) is 9.30. The van der Waals surface area contributed by atoms with Gasteiger partial charge in [-0.15, -0.1) is 0 Å². The number of rotatable bonds is 4. The van der Waals surface area contributed by atoms with Gasteiger partial charge >= 0.3 is 0 Å². The van der Waals surface area contributed by atoms with Crippen LogP contribution >= 0.6 is 0 Å². The summed E-state index contributed by atoms with van der Waals surface area (Å²) in [6, 6.07) is 7.84. The normalized spacial score (nSPS) is 23.4. The number of nitrogens with zero attached hydrogens (tertiary/aromatic N) is 2. The first-order chi connectivity index (χ1) is 12.5. The Bertz CT molecular complexity index is 638. The highest BCUT2D eigenvalue weighted by atomic mass is 16.5. The van der Waals surface area contributed by atoms with Gasteiger partial charge in [0.25, 0.3) is 0 Å². The van der Waals surface area contributed by atoms with Crippen molar-refractivity contribution in [3.8, 4) is 5.75 Å². The highest BCUT2D eigenvalue weighted by molar-refractivity contribution is 5.84. The molecular formula is C20H28N2O4. The second-order valence-electron chi connectivity index (χ2n) is 7.32. The van der Waals surface area contributed by atoms with E-state index in [1.54, 1.807) is 7.11 Å². The van der Waals surface area contributed by atoms with Crippen molar-refractivity contribution in [3.63, 3.8) is 0 Å². The van der Waals surface area contributed by atoms with Crippen molar-refractivity contribution in [3.05, 3.63) is 29.8 Å². The molecule has 2 amide bonds. The first kappa shape index (κ1) is 18.7. The molecule has 2 unspecified atom stereocenters. The largest absolute Gasteiger partial charge is 0.497 e. The van der Waals surface area contributed by atoms with Crippen LogP contribution in [0.3, 0.4) is 0 Å². The monoisotopic (exact) mass is 360 g/mol. The van der Waals surface area contributed by atoms with Crippen LogP contribution in [0.15, 0.2) is 24.3 Å². The van der Waals surface area contributed by atoms with Gasteiger partial charge in [0.2, 0.25) is 11.8 Å². The molecule has 1 aromatic rings. The third-order valence-electron chi connectivity index (χ3n) is 5.31. The number of likely N-dealkylation sites (tertiary alicyclic amines) is 1. The number of carbonyl (C=O) groups is 2. The molecule has 1 aromatic carbocycles. The molecule has 2 aliphatic heterocycles. The Morgan fingerprint density at radius 3 is 2.31 bits per heavy atom. The van der Waals surface area contributed by atoms with Crippen molar-refractivity contribution < 1.29 is 19.1 Å². The summed E-state index contributed by atoms with van der Waals surface area (Å²) < 4.78 is 10.6. The lowest BCUT2D eigenvalue weighted by atomic mass is 9.88. The molecule has 6 nitrogen and oxygen atoms in total. The summed E-state index contributed by atoms with van der Waals surface area (Å²) in [5.74, 6) is 0.777. The van der Waals surface area contributed by atoms with Crippen LogP contribution < -0.4 is 4.74 Å². The summed E-state index contributed by atoms with van der Waals surface area (Å²) in [4.78, 5) is 29.4. The summed E-state index contributed by atoms with van der Waals surface area (Å²) in [5, 5.41) is 0. The highest BCUT2D eigenvalue weighted by Gasteiger charge is 2.42. The second-order valence-corrected chi connectivity index (χ2v) is 7.32. The number of benzene rings is 1. The van der Waals surface area contributed by atoms with Gasteiger partial charge in [0.1, 0.15) is 5.75 Å². The lowest BCUT2D eigenvalue weighted by molar-refractivity contribution is -0.140. The standard InChI is InChI=1S/C20H28N2O4/c1-14(2)19(23)22-12-17(15-4-6-16(25-3)7-5-15)18(13-22)20(24)21-8-10-26-11-9-21/h4-7,14,17-18H,8-13H2,1-3H3. The lowest BCUT2D eigenvalue weighted by Gasteiger charge is -2.30. The zero-order chi connectivity index (χ0) is 18.7. The quantitative estimate of drug-likeness (QED) is 0.821. The Hall–Kier alpha value is -2.08. The number of methoxy groups -OCH3 is 1. The summed E-state index contributed by atoms with van der Waals surface area (Å²) in [7, 11) is 1.64. The molecule has 2 aliphatic rings. The number of morpholine rings is 1. The van der Waals surface area contributed by atoms with Crippen LogP contribution in [0.1, 0.15) is 25.3 Å². The van der Waals surface area contributed by atoms with Crippen LogP contribution in [-0.4, -0.2) is 68.1 Å². The molecule has 2 fully saturated rings. The van der Waals surface area contributed by atoms with Gasteiger partial charge in [0, 0.05) is 38.0 Å². The molecule has 142 valence electrons. The van der Waals surface area contributed by atoms with Crippen molar-refractivity contribution in [1.29, 1.82) is 0 Å². The fourth-order valence-electron chi connectivity index (χ4n) is 3.81. The van der Waals surface area contributed by atoms with Crippen LogP contribution in [0.25, 0.3) is 0 Å². The molecule has 2 heterocycles. The average Bonchev–Trinajstić information content (AvgIpc) is 3.12. The molecule has 0 spiro atoms. The van der Waals surface area contributed by atoms with Crippen LogP contribution in [0, 0.1) is 11.8 Å². The molecule has 0 aromatic heterocycles. The van der Waals surface area contributed by atoms with E-state index >= 15 is 0 Å². The second kappa shape index (κ2) is 8.08. The predicted molar refractivity (Wildman–Crippen MR) is 98.0 cm³/mol. The highest BCUT2D eigenvalue weighted by Crippen LogP contribution is 2.35. The van der Waals surface area contributed by atoms with E-state index in [2.05, 4.69) is 0 Å². The number of hydrogen-bond donors (Lipinski definition) is 0. The molecule has 0 N–H and O–H groups in total. The van der Waals surface area contributed by atoms with E-state index < -0.39 is 0 Å². The Kier molecular flexibility index (Phi) is 5.81. The molecule has 0 radical (unpaired) electrons. The fraction of sp³-hybridized carbons (Fsp3) is 0.600. The summed E-state index contributed by atoms with van der Waals surface area (Å²) in [6.07, 6.45) is 0. The smallest absolute Gasteiger partial charge is 0.228 e. The van der Waals surface area contributed by atoms with Crippen LogP contribution in [0.5, 0.6) is 5.75 Å². The lowest BCUT2D eigenvalue weighted by Crippen LogP contribution is -2.45. The molecule has 3 rings (SSSR count). The van der Waals surface area contributed by atoms with Gasteiger partial charge in [0.15, 0.2) is 0 Å². The van der Waals surface area contributed by atoms with E-state index in [9.17, 15) is 9.59 Å². The van der Waals surface area contributed by atoms with Crippen molar-refractivity contribution in [2.45, 2.75) is 19.8 Å². The number of carbonyl (C=O) groups excluding carboxylic acids is 2. The third kappa shape index (κ3) is 3.85. The SMILES string of the molecule is COc1ccc(C2CN(C(=O)C(C)C)CC2C(=O)N2CCOCC2)cc1. The zero-order valence-electron chi connectivity index (χ0n) is 15.8. The Morgan fingerprint density at radius 2 is 1.73 bits per heavy atom. The van der Waals surface area contributed by atoms with Crippen molar-refractivity contribution in [2.75, 3.05) is 46.5 Å². The van der Waals surface area contributed by atoms with Gasteiger partial charge in [-0.2, -0.15) is 0 Å². The Morgan fingerprint density at radius 1 is 1.08 bits per heavy atom. The number of ether oxygens (including phenoxy) is 2. The van der Waals surface area contributed by atoms with Gasteiger partial charge in [-0.05, 0) is 17.7 Å². The van der Waals surface area contributed by atoms with Crippen LogP contribution in [0.4, 0.5) is 0 Å². The van der Waals surface area contributed by atoms with Crippen molar-refractivity contribution in [2.24, 2.45) is 11.8 Å². The zero-order valence-corrected chi connectivity index (χ0v) is 15.8. The molecule has 0 aliphatic carbocycles. The van der Waals surface area contributed by atoms with Gasteiger partial charge in [-0.3, -0.25) is 9.59 Å². The minimum atomic E-state index is -0.204. The molecule has 26 heavy (non-hydrogen) atoms. The van der Waals surface area contributed by atoms with E-state index in [1.165, 1.54) is 0 Å². The van der Waals surface area contributed by atoms with E-state index in [4.69, 9.17) is 9.47 Å². The van der Waals surface area contributed by atoms with E-state index in [-0.39, 0.29) is 29.6 Å². The summed E-state index contributed by atoms with van der Waals surface area (Å²) in [6.45, 7) is 7.31. The number of hydrogen-bond acceptors (Lipinski definition) is 4. The minimum absolute atomic E-state index is 0.0129. The topological polar surface area (TPSA) is 59.1 Å². The summed E-state index contributed by atoms with van der Waals surface area (Å²) in [5.41, 5.74) is 1.08. The average molecular weight is 360 g/mol. The van der Waals surface area contributed by atoms with Gasteiger partial charge in [0.05, 0.1) is 26.2 Å². The maximum Gasteiger partial charge on any atom is 0.228 e. The predicted octanol–water partition coefficient (Wildman–Crippen LogP) is 1.75. The van der Waals surface area contributed by atoms with Crippen LogP contribution in [0.2, 0.25) is 0 Å². The first-order valence-corrected chi connectivity index (χ1v) is 9.30. The molecule has 0 bridgehead atoms. The third-order valence-corrected chi connectivity index (χ3v) is 5.31. The molecule has 2 saturated heterocycles. The van der Waals surface area contributed by atoms with Gasteiger partial charge in [-0.1, -0.05) is 26.0 Å². The summed E-state index contributed by atoms with van der Waals surface area (Å²) >= 11 is 0. The van der Waals surface area contributed by atoms with Crippen molar-refractivity contribution in [1.82, 2.24) is 9.80 Å². The Balaban J connectivity index is 1.83. The molecule has 0 saturated carbocycles. The van der Waals surface area contributed by atoms with Crippen molar-refractivity contribution >= 4 is 11.8 Å². The van der Waals surface area contributed by atoms with Crippen LogP contribution in [-0.2, 0) is 14.3 Å². The fourth-order valence-corrected chi connectivity index (χ4v) is 3.81.